The van der Waals surface area contributed by atoms with Crippen molar-refractivity contribution in [1.29, 1.82) is 0 Å². The molecule has 0 saturated carbocycles. The zero-order valence-corrected chi connectivity index (χ0v) is 11.4. The number of hydrogen-bond acceptors (Lipinski definition) is 2. The Labute approximate surface area is 104 Å². The first-order valence-corrected chi connectivity index (χ1v) is 6.25. The molecule has 0 bridgehead atoms. The van der Waals surface area contributed by atoms with Crippen molar-refractivity contribution in [2.45, 2.75) is 46.6 Å². The minimum atomic E-state index is -0.201. The summed E-state index contributed by atoms with van der Waals surface area (Å²) in [5.41, 5.74) is 1.06. The zero-order valence-electron chi connectivity index (χ0n) is 11.4. The first kappa shape index (κ1) is 12.3. The van der Waals surface area contributed by atoms with E-state index in [9.17, 15) is 5.11 Å². The zero-order chi connectivity index (χ0) is 12.8. The van der Waals surface area contributed by atoms with Gasteiger partial charge in [-0.2, -0.15) is 0 Å². The standard InChI is InChI=1S/C15H22O2/c1-10-8-11-6-7-12(16)9-13(11)17-15(10,5)14(2,3)4/h6-7,9-10,16H,8H2,1-5H3. The third-order valence-electron chi connectivity index (χ3n) is 4.33. The summed E-state index contributed by atoms with van der Waals surface area (Å²) >= 11 is 0. The predicted molar refractivity (Wildman–Crippen MR) is 69.5 cm³/mol. The van der Waals surface area contributed by atoms with Gasteiger partial charge >= 0.3 is 0 Å². The highest BCUT2D eigenvalue weighted by atomic mass is 16.5. The summed E-state index contributed by atoms with van der Waals surface area (Å²) in [5.74, 6) is 1.56. The van der Waals surface area contributed by atoms with Gasteiger partial charge in [0.2, 0.25) is 0 Å². The van der Waals surface area contributed by atoms with E-state index in [2.05, 4.69) is 34.6 Å². The third-order valence-corrected chi connectivity index (χ3v) is 4.33. The van der Waals surface area contributed by atoms with E-state index in [0.717, 1.165) is 12.2 Å². The van der Waals surface area contributed by atoms with E-state index in [-0.39, 0.29) is 16.8 Å². The van der Waals surface area contributed by atoms with E-state index in [1.807, 2.05) is 6.07 Å². The number of ether oxygens (including phenoxy) is 1. The van der Waals surface area contributed by atoms with Gasteiger partial charge in [-0.3, -0.25) is 0 Å². The lowest BCUT2D eigenvalue weighted by molar-refractivity contribution is -0.0714. The van der Waals surface area contributed by atoms with Crippen molar-refractivity contribution in [3.05, 3.63) is 23.8 Å². The molecule has 2 heteroatoms. The van der Waals surface area contributed by atoms with Gasteiger partial charge in [0, 0.05) is 17.4 Å². The van der Waals surface area contributed by atoms with Crippen LogP contribution >= 0.6 is 0 Å². The number of phenolic OH excluding ortho intramolecular Hbond substituents is 1. The minimum absolute atomic E-state index is 0.0650. The Balaban J connectivity index is 2.44. The molecule has 1 aromatic rings. The number of rotatable bonds is 0. The molecular weight excluding hydrogens is 212 g/mol. The van der Waals surface area contributed by atoms with Crippen molar-refractivity contribution in [3.63, 3.8) is 0 Å². The van der Waals surface area contributed by atoms with Crippen LogP contribution in [0, 0.1) is 11.3 Å². The highest BCUT2D eigenvalue weighted by molar-refractivity contribution is 5.42. The smallest absolute Gasteiger partial charge is 0.127 e. The summed E-state index contributed by atoms with van der Waals surface area (Å²) in [6.07, 6.45) is 1.00. The van der Waals surface area contributed by atoms with Gasteiger partial charge in [-0.15, -0.1) is 0 Å². The van der Waals surface area contributed by atoms with Gasteiger partial charge in [-0.1, -0.05) is 33.8 Å². The molecule has 0 aromatic heterocycles. The summed E-state index contributed by atoms with van der Waals surface area (Å²) in [4.78, 5) is 0. The average molecular weight is 234 g/mol. The fourth-order valence-electron chi connectivity index (χ4n) is 2.55. The first-order valence-electron chi connectivity index (χ1n) is 6.25. The van der Waals surface area contributed by atoms with Gasteiger partial charge in [-0.05, 0) is 25.0 Å². The molecule has 1 N–H and O–H groups in total. The maximum absolute atomic E-state index is 9.55. The molecule has 0 amide bonds. The normalized spacial score (nSPS) is 28.4. The predicted octanol–water partition coefficient (Wildman–Crippen LogP) is 3.77. The van der Waals surface area contributed by atoms with Crippen LogP contribution in [0.4, 0.5) is 0 Å². The van der Waals surface area contributed by atoms with Gasteiger partial charge in [0.1, 0.15) is 17.1 Å². The van der Waals surface area contributed by atoms with Gasteiger partial charge in [0.15, 0.2) is 0 Å². The summed E-state index contributed by atoms with van der Waals surface area (Å²) in [5, 5.41) is 9.55. The number of hydrogen-bond donors (Lipinski definition) is 1. The van der Waals surface area contributed by atoms with Crippen molar-refractivity contribution < 1.29 is 9.84 Å². The molecule has 2 unspecified atom stereocenters. The van der Waals surface area contributed by atoms with Crippen LogP contribution in [-0.4, -0.2) is 10.7 Å². The van der Waals surface area contributed by atoms with E-state index >= 15 is 0 Å². The number of phenols is 1. The maximum atomic E-state index is 9.55. The van der Waals surface area contributed by atoms with Crippen LogP contribution in [0.5, 0.6) is 11.5 Å². The highest BCUT2D eigenvalue weighted by Gasteiger charge is 2.47. The fraction of sp³-hybridized carbons (Fsp3) is 0.600. The summed E-state index contributed by atoms with van der Waals surface area (Å²) in [6, 6.07) is 5.42. The monoisotopic (exact) mass is 234 g/mol. The fourth-order valence-corrected chi connectivity index (χ4v) is 2.55. The maximum Gasteiger partial charge on any atom is 0.127 e. The Bertz CT molecular complexity index is 431. The Morgan fingerprint density at radius 2 is 2.00 bits per heavy atom. The van der Waals surface area contributed by atoms with Crippen LogP contribution in [0.25, 0.3) is 0 Å². The molecule has 0 radical (unpaired) electrons. The van der Waals surface area contributed by atoms with Crippen molar-refractivity contribution in [2.75, 3.05) is 0 Å². The summed E-state index contributed by atoms with van der Waals surface area (Å²) in [7, 11) is 0. The van der Waals surface area contributed by atoms with Crippen LogP contribution < -0.4 is 4.74 Å². The second-order valence-corrected chi connectivity index (χ2v) is 6.36. The molecule has 17 heavy (non-hydrogen) atoms. The Hall–Kier alpha value is -1.18. The highest BCUT2D eigenvalue weighted by Crippen LogP contribution is 2.46. The largest absolute Gasteiger partial charge is 0.508 e. The van der Waals surface area contributed by atoms with Crippen molar-refractivity contribution in [2.24, 2.45) is 11.3 Å². The molecule has 1 aromatic carbocycles. The third kappa shape index (κ3) is 1.90. The van der Waals surface area contributed by atoms with Crippen LogP contribution in [0.1, 0.15) is 40.2 Å². The van der Waals surface area contributed by atoms with Crippen molar-refractivity contribution in [3.8, 4) is 11.5 Å². The molecule has 2 nitrogen and oxygen atoms in total. The molecule has 1 aliphatic rings. The molecule has 0 spiro atoms. The molecule has 2 atom stereocenters. The molecule has 94 valence electrons. The van der Waals surface area contributed by atoms with Gasteiger partial charge in [0.25, 0.3) is 0 Å². The lowest BCUT2D eigenvalue weighted by Crippen LogP contribution is -2.53. The quantitative estimate of drug-likeness (QED) is 0.740. The van der Waals surface area contributed by atoms with E-state index in [1.54, 1.807) is 12.1 Å². The number of benzene rings is 1. The minimum Gasteiger partial charge on any atom is -0.508 e. The number of fused-ring (bicyclic) bond motifs is 1. The van der Waals surface area contributed by atoms with Crippen LogP contribution in [0.15, 0.2) is 18.2 Å². The summed E-state index contributed by atoms with van der Waals surface area (Å²) in [6.45, 7) is 11.0. The van der Waals surface area contributed by atoms with E-state index in [1.165, 1.54) is 5.56 Å². The van der Waals surface area contributed by atoms with Crippen LogP contribution in [0.3, 0.4) is 0 Å². The molecule has 0 fully saturated rings. The number of aromatic hydroxyl groups is 1. The lowest BCUT2D eigenvalue weighted by Gasteiger charge is -2.49. The Morgan fingerprint density at radius 3 is 2.59 bits per heavy atom. The Morgan fingerprint density at radius 1 is 1.35 bits per heavy atom. The molecule has 0 aliphatic carbocycles. The molecule has 2 rings (SSSR count). The van der Waals surface area contributed by atoms with Gasteiger partial charge < -0.3 is 9.84 Å². The lowest BCUT2D eigenvalue weighted by atomic mass is 9.67. The van der Waals surface area contributed by atoms with E-state index in [0.29, 0.717) is 5.92 Å². The molecule has 0 saturated heterocycles. The second kappa shape index (κ2) is 3.66. The SMILES string of the molecule is CC1Cc2ccc(O)cc2OC1(C)C(C)(C)C. The molecule has 1 aliphatic heterocycles. The van der Waals surface area contributed by atoms with Crippen molar-refractivity contribution >= 4 is 0 Å². The van der Waals surface area contributed by atoms with Gasteiger partial charge in [0.05, 0.1) is 0 Å². The average Bonchev–Trinajstić information content (AvgIpc) is 2.18. The second-order valence-electron chi connectivity index (χ2n) is 6.36. The van der Waals surface area contributed by atoms with E-state index in [4.69, 9.17) is 4.74 Å². The van der Waals surface area contributed by atoms with E-state index < -0.39 is 0 Å². The molecular formula is C15H22O2. The molecule has 1 heterocycles. The van der Waals surface area contributed by atoms with Crippen LogP contribution in [0.2, 0.25) is 0 Å². The van der Waals surface area contributed by atoms with Crippen molar-refractivity contribution in [1.82, 2.24) is 0 Å². The van der Waals surface area contributed by atoms with Crippen LogP contribution in [-0.2, 0) is 6.42 Å². The first-order chi connectivity index (χ1) is 7.74. The topological polar surface area (TPSA) is 29.5 Å². The van der Waals surface area contributed by atoms with Gasteiger partial charge in [-0.25, -0.2) is 0 Å². The Kier molecular flexibility index (Phi) is 2.64. The summed E-state index contributed by atoms with van der Waals surface area (Å²) < 4.78 is 6.22.